The van der Waals surface area contributed by atoms with Crippen molar-refractivity contribution in [3.8, 4) is 0 Å². The quantitative estimate of drug-likeness (QED) is 0.621. The van der Waals surface area contributed by atoms with Gasteiger partial charge in [0, 0.05) is 20.3 Å². The Morgan fingerprint density at radius 2 is 1.95 bits per heavy atom. The zero-order valence-corrected chi connectivity index (χ0v) is 12.5. The molecule has 0 aromatic heterocycles. The Balaban J connectivity index is 2.06. The fourth-order valence-electron chi connectivity index (χ4n) is 2.69. The highest BCUT2D eigenvalue weighted by atomic mass is 16.5. The van der Waals surface area contributed by atoms with Crippen LogP contribution in [0.25, 0.3) is 0 Å². The Labute approximate surface area is 117 Å². The molecule has 1 aliphatic carbocycles. The topological polar surface area (TPSA) is 47.9 Å². The van der Waals surface area contributed by atoms with Gasteiger partial charge in [-0.1, -0.05) is 19.8 Å². The molecule has 4 nitrogen and oxygen atoms in total. The maximum Gasteiger partial charge on any atom is 0.0836 e. The second-order valence-electron chi connectivity index (χ2n) is 5.40. The van der Waals surface area contributed by atoms with Gasteiger partial charge in [-0.25, -0.2) is 0 Å². The number of ether oxygens (including phenoxy) is 3. The maximum absolute atomic E-state index is 9.95. The van der Waals surface area contributed by atoms with E-state index in [0.29, 0.717) is 26.4 Å². The molecular formula is C15H30O4. The van der Waals surface area contributed by atoms with Crippen molar-refractivity contribution in [2.75, 3.05) is 33.5 Å². The predicted molar refractivity (Wildman–Crippen MR) is 75.3 cm³/mol. The monoisotopic (exact) mass is 274 g/mol. The zero-order chi connectivity index (χ0) is 13.9. The summed E-state index contributed by atoms with van der Waals surface area (Å²) in [6.45, 7) is 4.87. The highest BCUT2D eigenvalue weighted by Gasteiger charge is 2.29. The van der Waals surface area contributed by atoms with Crippen molar-refractivity contribution in [1.82, 2.24) is 0 Å². The lowest BCUT2D eigenvalue weighted by molar-refractivity contribution is -0.0763. The van der Waals surface area contributed by atoms with Crippen LogP contribution in [0, 0.1) is 5.92 Å². The molecule has 0 aliphatic heterocycles. The molecule has 1 aliphatic rings. The SMILES string of the molecule is CCCC1CCC(O)C(OCCCOCCOC)C1. The standard InChI is InChI=1S/C15H30O4/c1-3-5-13-6-7-14(16)15(12-13)19-9-4-8-18-11-10-17-2/h13-16H,3-12H2,1-2H3. The second kappa shape index (κ2) is 10.6. The Hall–Kier alpha value is -0.160. The van der Waals surface area contributed by atoms with Crippen molar-refractivity contribution in [3.05, 3.63) is 0 Å². The largest absolute Gasteiger partial charge is 0.390 e. The molecule has 0 saturated heterocycles. The number of hydrogen-bond acceptors (Lipinski definition) is 4. The summed E-state index contributed by atoms with van der Waals surface area (Å²) < 4.78 is 16.1. The Kier molecular flexibility index (Phi) is 9.43. The first-order valence-electron chi connectivity index (χ1n) is 7.64. The van der Waals surface area contributed by atoms with Gasteiger partial charge in [0.2, 0.25) is 0 Å². The number of aliphatic hydroxyl groups excluding tert-OH is 1. The maximum atomic E-state index is 9.95. The zero-order valence-electron chi connectivity index (χ0n) is 12.5. The van der Waals surface area contributed by atoms with Crippen molar-refractivity contribution >= 4 is 0 Å². The van der Waals surface area contributed by atoms with Gasteiger partial charge < -0.3 is 19.3 Å². The average Bonchev–Trinajstić information content (AvgIpc) is 2.41. The molecular weight excluding hydrogens is 244 g/mol. The molecule has 0 aromatic rings. The summed E-state index contributed by atoms with van der Waals surface area (Å²) in [5.41, 5.74) is 0. The molecule has 1 fully saturated rings. The average molecular weight is 274 g/mol. The number of methoxy groups -OCH3 is 1. The van der Waals surface area contributed by atoms with E-state index in [9.17, 15) is 5.11 Å². The van der Waals surface area contributed by atoms with Crippen LogP contribution in [0.2, 0.25) is 0 Å². The molecule has 0 bridgehead atoms. The van der Waals surface area contributed by atoms with Crippen LogP contribution in [0.1, 0.15) is 45.4 Å². The van der Waals surface area contributed by atoms with E-state index in [1.807, 2.05) is 0 Å². The minimum Gasteiger partial charge on any atom is -0.390 e. The third-order valence-electron chi connectivity index (χ3n) is 3.76. The molecule has 19 heavy (non-hydrogen) atoms. The van der Waals surface area contributed by atoms with E-state index in [1.54, 1.807) is 7.11 Å². The van der Waals surface area contributed by atoms with E-state index in [0.717, 1.165) is 31.6 Å². The van der Waals surface area contributed by atoms with Gasteiger partial charge in [-0.05, 0) is 31.6 Å². The minimum atomic E-state index is -0.275. The van der Waals surface area contributed by atoms with Crippen molar-refractivity contribution < 1.29 is 19.3 Å². The van der Waals surface area contributed by atoms with E-state index in [4.69, 9.17) is 14.2 Å². The molecule has 3 unspecified atom stereocenters. The van der Waals surface area contributed by atoms with Crippen LogP contribution >= 0.6 is 0 Å². The molecule has 1 rings (SSSR count). The lowest BCUT2D eigenvalue weighted by Crippen LogP contribution is -2.36. The summed E-state index contributed by atoms with van der Waals surface area (Å²) in [7, 11) is 1.67. The summed E-state index contributed by atoms with van der Waals surface area (Å²) >= 11 is 0. The first kappa shape index (κ1) is 16.9. The highest BCUT2D eigenvalue weighted by Crippen LogP contribution is 2.29. The molecule has 3 atom stereocenters. The Morgan fingerprint density at radius 3 is 2.68 bits per heavy atom. The number of hydrogen-bond donors (Lipinski definition) is 1. The minimum absolute atomic E-state index is 0.0317. The second-order valence-corrected chi connectivity index (χ2v) is 5.40. The van der Waals surface area contributed by atoms with Crippen LogP contribution in [-0.2, 0) is 14.2 Å². The Morgan fingerprint density at radius 1 is 1.11 bits per heavy atom. The Bertz CT molecular complexity index is 210. The van der Waals surface area contributed by atoms with E-state index < -0.39 is 0 Å². The van der Waals surface area contributed by atoms with E-state index in [2.05, 4.69) is 6.92 Å². The van der Waals surface area contributed by atoms with Crippen molar-refractivity contribution in [3.63, 3.8) is 0 Å². The predicted octanol–water partition coefficient (Wildman–Crippen LogP) is 2.39. The number of rotatable bonds is 10. The van der Waals surface area contributed by atoms with Gasteiger partial charge in [-0.15, -0.1) is 0 Å². The van der Waals surface area contributed by atoms with Crippen molar-refractivity contribution in [1.29, 1.82) is 0 Å². The smallest absolute Gasteiger partial charge is 0.0836 e. The lowest BCUT2D eigenvalue weighted by Gasteiger charge is -2.33. The third kappa shape index (κ3) is 7.25. The van der Waals surface area contributed by atoms with Gasteiger partial charge in [0.15, 0.2) is 0 Å². The van der Waals surface area contributed by atoms with Gasteiger partial charge in [-0.3, -0.25) is 0 Å². The van der Waals surface area contributed by atoms with Crippen LogP contribution in [0.5, 0.6) is 0 Å². The van der Waals surface area contributed by atoms with Crippen molar-refractivity contribution in [2.45, 2.75) is 57.7 Å². The molecule has 1 N–H and O–H groups in total. The summed E-state index contributed by atoms with van der Waals surface area (Å²) in [5.74, 6) is 0.733. The van der Waals surface area contributed by atoms with Gasteiger partial charge in [0.25, 0.3) is 0 Å². The molecule has 0 heterocycles. The molecule has 114 valence electrons. The molecule has 0 aromatic carbocycles. The fourth-order valence-corrected chi connectivity index (χ4v) is 2.69. The van der Waals surface area contributed by atoms with Gasteiger partial charge >= 0.3 is 0 Å². The summed E-state index contributed by atoms with van der Waals surface area (Å²) in [4.78, 5) is 0. The van der Waals surface area contributed by atoms with E-state index in [1.165, 1.54) is 12.8 Å². The van der Waals surface area contributed by atoms with Gasteiger partial charge in [0.1, 0.15) is 0 Å². The fraction of sp³-hybridized carbons (Fsp3) is 1.00. The normalized spacial score (nSPS) is 27.6. The van der Waals surface area contributed by atoms with Crippen LogP contribution < -0.4 is 0 Å². The van der Waals surface area contributed by atoms with Crippen LogP contribution in [0.15, 0.2) is 0 Å². The van der Waals surface area contributed by atoms with Gasteiger partial charge in [-0.2, -0.15) is 0 Å². The van der Waals surface area contributed by atoms with E-state index >= 15 is 0 Å². The highest BCUT2D eigenvalue weighted by molar-refractivity contribution is 4.80. The van der Waals surface area contributed by atoms with Crippen LogP contribution in [-0.4, -0.2) is 50.9 Å². The van der Waals surface area contributed by atoms with Crippen LogP contribution in [0.4, 0.5) is 0 Å². The summed E-state index contributed by atoms with van der Waals surface area (Å²) in [6.07, 6.45) is 6.17. The third-order valence-corrected chi connectivity index (χ3v) is 3.76. The summed E-state index contributed by atoms with van der Waals surface area (Å²) in [5, 5.41) is 9.95. The molecule has 0 radical (unpaired) electrons. The summed E-state index contributed by atoms with van der Waals surface area (Å²) in [6, 6.07) is 0. The lowest BCUT2D eigenvalue weighted by atomic mass is 9.83. The molecule has 0 spiro atoms. The van der Waals surface area contributed by atoms with Crippen LogP contribution in [0.3, 0.4) is 0 Å². The first-order chi connectivity index (χ1) is 9.27. The molecule has 4 heteroatoms. The number of aliphatic hydroxyl groups is 1. The van der Waals surface area contributed by atoms with Gasteiger partial charge in [0.05, 0.1) is 25.4 Å². The van der Waals surface area contributed by atoms with E-state index in [-0.39, 0.29) is 12.2 Å². The van der Waals surface area contributed by atoms with Crippen molar-refractivity contribution in [2.24, 2.45) is 5.92 Å². The molecule has 0 amide bonds. The first-order valence-corrected chi connectivity index (χ1v) is 7.64. The molecule has 1 saturated carbocycles.